The minimum Gasteiger partial charge on any atom is -0.506 e. The molecule has 0 saturated heterocycles. The molecular formula is C29H19N3O9S2. The van der Waals surface area contributed by atoms with Crippen molar-refractivity contribution in [1.29, 1.82) is 0 Å². The molecule has 0 spiro atoms. The molecular weight excluding hydrogens is 598 g/mol. The van der Waals surface area contributed by atoms with Crippen molar-refractivity contribution in [3.8, 4) is 0 Å². The molecule has 12 nitrogen and oxygen atoms in total. The molecule has 0 bridgehead atoms. The number of aromatic nitrogens is 1. The standard InChI is InChI=1S/C29H19N3O9S2/c30-17-12-20(22(43(39,40)41)13-21(17)42(36,37)38)31-19-11-10-18-24-23(15-8-4-5-9-16(15)28(34)25(19)24)26(29(35)32-18)27(33)14-6-2-1-3-7-14/h1-13,31,33H,30H2,(H,36,37,38)(H,39,40,41). The Morgan fingerprint density at radius 1 is 0.744 bits per heavy atom. The van der Waals surface area contributed by atoms with E-state index >= 15 is 0 Å². The topological polar surface area (TPSA) is 214 Å². The summed E-state index contributed by atoms with van der Waals surface area (Å²) in [5.41, 5.74) is 3.98. The van der Waals surface area contributed by atoms with Gasteiger partial charge in [0.05, 0.1) is 33.2 Å². The summed E-state index contributed by atoms with van der Waals surface area (Å²) in [7, 11) is -10.1. The summed E-state index contributed by atoms with van der Waals surface area (Å²) in [6.45, 7) is 0. The minimum absolute atomic E-state index is 0.0113. The number of benzene rings is 4. The first-order valence-electron chi connectivity index (χ1n) is 12.4. The smallest absolute Gasteiger partial charge is 0.296 e. The van der Waals surface area contributed by atoms with Gasteiger partial charge in [0, 0.05) is 21.4 Å². The zero-order chi connectivity index (χ0) is 30.8. The molecule has 0 saturated carbocycles. The monoisotopic (exact) mass is 617 g/mol. The van der Waals surface area contributed by atoms with Crippen LogP contribution in [0.1, 0.15) is 5.56 Å². The lowest BCUT2D eigenvalue weighted by Gasteiger charge is -2.16. The Bertz CT molecular complexity index is 2600. The molecule has 0 amide bonds. The lowest BCUT2D eigenvalue weighted by atomic mass is 9.96. The number of aliphatic hydroxyl groups is 1. The van der Waals surface area contributed by atoms with Gasteiger partial charge in [-0.25, -0.2) is 4.98 Å². The normalized spacial score (nSPS) is 13.1. The number of hydrogen-bond acceptors (Lipinski definition) is 10. The van der Waals surface area contributed by atoms with E-state index in [2.05, 4.69) is 10.3 Å². The molecule has 1 aliphatic carbocycles. The third kappa shape index (κ3) is 4.58. The third-order valence-electron chi connectivity index (χ3n) is 7.01. The van der Waals surface area contributed by atoms with Crippen molar-refractivity contribution in [2.24, 2.45) is 0 Å². The van der Waals surface area contributed by atoms with Gasteiger partial charge in [-0.1, -0.05) is 54.6 Å². The summed E-state index contributed by atoms with van der Waals surface area (Å²) in [4.78, 5) is 29.5. The number of nitrogens with zero attached hydrogens (tertiary/aromatic N) is 1. The maximum Gasteiger partial charge on any atom is 0.296 e. The van der Waals surface area contributed by atoms with E-state index in [1.54, 1.807) is 48.5 Å². The number of aliphatic hydroxyl groups excluding tert-OH is 1. The number of anilines is 3. The molecule has 0 unspecified atom stereocenters. The highest BCUT2D eigenvalue weighted by Crippen LogP contribution is 2.34. The fraction of sp³-hybridized carbons (Fsp3) is 0. The highest BCUT2D eigenvalue weighted by Gasteiger charge is 2.25. The summed E-state index contributed by atoms with van der Waals surface area (Å²) < 4.78 is 67.3. The van der Waals surface area contributed by atoms with E-state index in [1.807, 2.05) is 0 Å². The molecule has 0 aromatic heterocycles. The Labute approximate surface area is 241 Å². The van der Waals surface area contributed by atoms with Gasteiger partial charge in [0.15, 0.2) is 5.43 Å². The summed E-state index contributed by atoms with van der Waals surface area (Å²) in [5, 5.41) is 14.8. The van der Waals surface area contributed by atoms with E-state index in [0.717, 1.165) is 6.07 Å². The lowest BCUT2D eigenvalue weighted by molar-refractivity contribution is 0.481. The first kappa shape index (κ1) is 28.0. The molecule has 43 heavy (non-hydrogen) atoms. The highest BCUT2D eigenvalue weighted by atomic mass is 32.2. The van der Waals surface area contributed by atoms with Crippen molar-refractivity contribution >= 4 is 64.7 Å². The first-order valence-corrected chi connectivity index (χ1v) is 15.2. The summed E-state index contributed by atoms with van der Waals surface area (Å²) in [5.74, 6) is -0.370. The Kier molecular flexibility index (Phi) is 6.32. The molecule has 0 fully saturated rings. The van der Waals surface area contributed by atoms with Gasteiger partial charge in [0.1, 0.15) is 15.6 Å². The van der Waals surface area contributed by atoms with Crippen molar-refractivity contribution in [3.63, 3.8) is 0 Å². The Balaban J connectivity index is 1.80. The number of nitrogen functional groups attached to an aromatic ring is 1. The van der Waals surface area contributed by atoms with Crippen LogP contribution >= 0.6 is 0 Å². The van der Waals surface area contributed by atoms with E-state index in [-0.39, 0.29) is 43.4 Å². The predicted molar refractivity (Wildman–Crippen MR) is 159 cm³/mol. The van der Waals surface area contributed by atoms with Crippen molar-refractivity contribution in [2.45, 2.75) is 9.79 Å². The fourth-order valence-electron chi connectivity index (χ4n) is 5.20. The van der Waals surface area contributed by atoms with Gasteiger partial charge >= 0.3 is 0 Å². The summed E-state index contributed by atoms with van der Waals surface area (Å²) in [6.07, 6.45) is 0. The maximum absolute atomic E-state index is 14.0. The van der Waals surface area contributed by atoms with Crippen LogP contribution in [0.4, 0.5) is 17.1 Å². The molecule has 0 radical (unpaired) electrons. The van der Waals surface area contributed by atoms with Crippen LogP contribution in [-0.2, 0) is 20.2 Å². The van der Waals surface area contributed by atoms with Crippen LogP contribution in [0.5, 0.6) is 0 Å². The van der Waals surface area contributed by atoms with Gasteiger partial charge in [-0.15, -0.1) is 0 Å². The van der Waals surface area contributed by atoms with E-state index in [9.17, 15) is 40.6 Å². The number of fused-ring (bicyclic) bond motifs is 2. The second kappa shape index (κ2) is 9.71. The van der Waals surface area contributed by atoms with Gasteiger partial charge < -0.3 is 16.2 Å². The SMILES string of the molecule is Nc1cc(Nc2ccc3nc(=O)c(=C(O)c4ccccc4)c4c5ccccc5c(=O)c2c3=4)c(S(=O)(=O)O)cc1S(=O)(=O)O. The van der Waals surface area contributed by atoms with E-state index in [4.69, 9.17) is 5.73 Å². The van der Waals surface area contributed by atoms with Crippen molar-refractivity contribution < 1.29 is 31.0 Å². The zero-order valence-corrected chi connectivity index (χ0v) is 23.3. The second-order valence-electron chi connectivity index (χ2n) is 9.60. The summed E-state index contributed by atoms with van der Waals surface area (Å²) in [6, 6.07) is 18.8. The molecule has 1 aliphatic heterocycles. The molecule has 6 N–H and O–H groups in total. The number of rotatable bonds is 5. The number of nitrogens with one attached hydrogen (secondary N) is 1. The van der Waals surface area contributed by atoms with E-state index in [1.165, 1.54) is 18.2 Å². The first-order chi connectivity index (χ1) is 20.3. The van der Waals surface area contributed by atoms with E-state index < -0.39 is 52.4 Å². The molecule has 6 rings (SSSR count). The largest absolute Gasteiger partial charge is 0.506 e. The van der Waals surface area contributed by atoms with Gasteiger partial charge in [-0.05, 0) is 29.7 Å². The molecule has 4 aromatic rings. The molecule has 1 heterocycles. The zero-order valence-electron chi connectivity index (χ0n) is 21.6. The van der Waals surface area contributed by atoms with Crippen LogP contribution in [0.25, 0.3) is 27.4 Å². The Morgan fingerprint density at radius 2 is 1.37 bits per heavy atom. The van der Waals surface area contributed by atoms with Crippen molar-refractivity contribution in [3.05, 3.63) is 121 Å². The molecule has 216 valence electrons. The van der Waals surface area contributed by atoms with Crippen molar-refractivity contribution in [2.75, 3.05) is 11.1 Å². The molecule has 2 aliphatic rings. The molecule has 14 heteroatoms. The van der Waals surface area contributed by atoms with Gasteiger partial charge in [0.25, 0.3) is 25.8 Å². The van der Waals surface area contributed by atoms with Crippen LogP contribution in [0, 0.1) is 10.4 Å². The lowest BCUT2D eigenvalue weighted by Crippen LogP contribution is -2.33. The van der Waals surface area contributed by atoms with Crippen LogP contribution in [0.3, 0.4) is 0 Å². The maximum atomic E-state index is 14.0. The molecule has 0 atom stereocenters. The van der Waals surface area contributed by atoms with Gasteiger partial charge in [0.2, 0.25) is 0 Å². The highest BCUT2D eigenvalue weighted by molar-refractivity contribution is 7.86. The van der Waals surface area contributed by atoms with Crippen molar-refractivity contribution in [1.82, 2.24) is 4.98 Å². The van der Waals surface area contributed by atoms with Gasteiger partial charge in [-0.2, -0.15) is 16.8 Å². The molecule has 4 aromatic carbocycles. The minimum atomic E-state index is -5.09. The third-order valence-corrected chi connectivity index (χ3v) is 8.81. The second-order valence-corrected chi connectivity index (χ2v) is 12.4. The number of nitrogens with two attached hydrogens (primary N) is 1. The van der Waals surface area contributed by atoms with Crippen LogP contribution < -0.4 is 27.3 Å². The summed E-state index contributed by atoms with van der Waals surface area (Å²) >= 11 is 0. The van der Waals surface area contributed by atoms with Crippen LogP contribution in [0.15, 0.2) is 98.2 Å². The van der Waals surface area contributed by atoms with Crippen LogP contribution in [0.2, 0.25) is 0 Å². The van der Waals surface area contributed by atoms with Crippen LogP contribution in [-0.4, -0.2) is 36.0 Å². The van der Waals surface area contributed by atoms with E-state index in [0.29, 0.717) is 17.0 Å². The Hall–Kier alpha value is -5.15. The predicted octanol–water partition coefficient (Wildman–Crippen LogP) is 2.52. The van der Waals surface area contributed by atoms with Gasteiger partial charge in [-0.3, -0.25) is 18.7 Å². The average molecular weight is 618 g/mol. The fourth-order valence-corrected chi connectivity index (χ4v) is 6.55. The Morgan fingerprint density at radius 3 is 2.02 bits per heavy atom. The quantitative estimate of drug-likeness (QED) is 0.139. The number of hydrogen-bond donors (Lipinski definition) is 5. The average Bonchev–Trinajstić information content (AvgIpc) is 2.95.